The second-order valence-electron chi connectivity index (χ2n) is 18.0. The Labute approximate surface area is 470 Å². The average Bonchev–Trinajstić information content (AvgIpc) is 3.59. The number of hydrogen-bond donors (Lipinski definition) is 7. The van der Waals surface area contributed by atoms with Gasteiger partial charge in [-0.25, -0.2) is 29.8 Å². The Morgan fingerprint density at radius 2 is 0.988 bits per heavy atom. The minimum Gasteiger partial charge on any atom is -0.481 e. The molecule has 82 heavy (non-hydrogen) atoms. The van der Waals surface area contributed by atoms with E-state index in [0.717, 1.165) is 21.6 Å². The maximum atomic E-state index is 13.9. The van der Waals surface area contributed by atoms with E-state index in [1.54, 1.807) is 97.1 Å². The molecule has 23 nitrogen and oxygen atoms in total. The zero-order valence-corrected chi connectivity index (χ0v) is 44.1. The summed E-state index contributed by atoms with van der Waals surface area (Å²) in [5.41, 5.74) is 12.8. The number of benzodiazepines with no additional fused rings is 2. The quantitative estimate of drug-likeness (QED) is 0.0303. The average molecular weight is 1110 g/mol. The number of amides is 8. The number of carboxylic acids is 1. The number of primary amides is 1. The van der Waals surface area contributed by atoms with Crippen LogP contribution in [0.15, 0.2) is 185 Å². The molecule has 2 aliphatic rings. The summed E-state index contributed by atoms with van der Waals surface area (Å²) in [4.78, 5) is 124. The number of para-hydroxylation sites is 2. The molecule has 0 saturated carbocycles. The Bertz CT molecular complexity index is 3350. The summed E-state index contributed by atoms with van der Waals surface area (Å²) >= 11 is 0. The van der Waals surface area contributed by atoms with E-state index in [-0.39, 0.29) is 19.8 Å². The Balaban J connectivity index is 0.000000236. The Kier molecular flexibility index (Phi) is 21.0. The van der Waals surface area contributed by atoms with Gasteiger partial charge in [0.1, 0.15) is 32.6 Å². The van der Waals surface area contributed by atoms with Crippen molar-refractivity contribution in [3.8, 4) is 0 Å². The lowest BCUT2D eigenvalue weighted by Crippen LogP contribution is -2.51. The predicted octanol–water partition coefficient (Wildman–Crippen LogP) is 4.95. The molecule has 23 heteroatoms. The van der Waals surface area contributed by atoms with Gasteiger partial charge in [0.15, 0.2) is 0 Å². The van der Waals surface area contributed by atoms with Crippen LogP contribution < -0.4 is 42.2 Å². The van der Waals surface area contributed by atoms with Gasteiger partial charge in [-0.1, -0.05) is 165 Å². The second kappa shape index (κ2) is 29.2. The SMILES string of the molecule is CC[C@@H](/C=N/NC(N)=O)NC(=O)CN1C(=O)C(NC(=O)OCc2ccccc2)N=C(c2ccccc2)c2ccccc21.O=C[C@H](CC(=O)O)NC(=O)CN1C(=O)C(NC(=O)OCc2ccccc2)N=C(c2ccccc2)c2ccccc21. The van der Waals surface area contributed by atoms with Crippen molar-refractivity contribution in [2.24, 2.45) is 20.8 Å². The molecule has 2 heterocycles. The lowest BCUT2D eigenvalue weighted by molar-refractivity contribution is -0.139. The summed E-state index contributed by atoms with van der Waals surface area (Å²) < 4.78 is 10.6. The van der Waals surface area contributed by atoms with Gasteiger partial charge in [0.2, 0.25) is 24.1 Å². The van der Waals surface area contributed by atoms with Crippen LogP contribution in [-0.4, -0.2) is 114 Å². The monoisotopic (exact) mass is 1110 g/mol. The third kappa shape index (κ3) is 16.6. The van der Waals surface area contributed by atoms with Crippen molar-refractivity contribution < 1.29 is 57.7 Å². The molecule has 4 atom stereocenters. The highest BCUT2D eigenvalue weighted by molar-refractivity contribution is 6.22. The standard InChI is InChI=1S/C30H31N7O5.C29H26N4O7/c1-2-22(17-32-36-29(31)40)33-25(38)18-37-24-16-10-9-15-23(24)26(21-13-7-4-8-14-21)34-27(28(37)39)35-30(41)42-19-20-11-5-3-6-12-20;34-17-21(15-25(36)37)30-24(35)16-33-23-14-8-7-13-22(23)26(20-11-5-2-6-12-20)31-27(28(33)38)32-29(39)40-18-19-9-3-1-4-10-19/h3-17,22,27H,2,18-19H2,1H3,(H,33,38)(H,35,41)(H3,31,36,40);1-14,17,21,27H,15-16,18H2,(H,30,35)(H,32,39)(H,36,37)/b32-17+;/t22-,27?;21-,27?/m00/s1. The van der Waals surface area contributed by atoms with Crippen molar-refractivity contribution >= 4 is 83.1 Å². The van der Waals surface area contributed by atoms with Crippen LogP contribution >= 0.6 is 0 Å². The fourth-order valence-electron chi connectivity index (χ4n) is 8.33. The van der Waals surface area contributed by atoms with Crippen LogP contribution in [0.4, 0.5) is 25.8 Å². The number of hydrogen-bond acceptors (Lipinski definition) is 14. The number of alkyl carbamates (subject to hydrolysis) is 2. The summed E-state index contributed by atoms with van der Waals surface area (Å²) in [5.74, 6) is -3.89. The predicted molar refractivity (Wildman–Crippen MR) is 303 cm³/mol. The molecule has 0 aromatic heterocycles. The zero-order valence-electron chi connectivity index (χ0n) is 44.1. The number of ether oxygens (including phenoxy) is 2. The van der Waals surface area contributed by atoms with Crippen LogP contribution in [0.25, 0.3) is 0 Å². The van der Waals surface area contributed by atoms with Crippen molar-refractivity contribution in [3.05, 3.63) is 203 Å². The molecule has 0 aliphatic carbocycles. The van der Waals surface area contributed by atoms with Gasteiger partial charge in [-0.2, -0.15) is 5.10 Å². The molecule has 8 N–H and O–H groups in total. The molecule has 0 spiro atoms. The third-order valence-electron chi connectivity index (χ3n) is 12.2. The number of aldehydes is 1. The van der Waals surface area contributed by atoms with Crippen LogP contribution in [0.1, 0.15) is 53.1 Å². The summed E-state index contributed by atoms with van der Waals surface area (Å²) in [6.07, 6.45) is -3.08. The number of nitrogens with one attached hydrogen (secondary N) is 5. The normalized spacial score (nSPS) is 15.1. The molecular weight excluding hydrogens is 1050 g/mol. The number of rotatable bonds is 20. The van der Waals surface area contributed by atoms with E-state index in [4.69, 9.17) is 20.3 Å². The summed E-state index contributed by atoms with van der Waals surface area (Å²) in [6, 6.07) is 47.6. The molecule has 2 unspecified atom stereocenters. The molecule has 6 aromatic carbocycles. The van der Waals surface area contributed by atoms with Crippen LogP contribution in [0.3, 0.4) is 0 Å². The maximum absolute atomic E-state index is 13.9. The van der Waals surface area contributed by atoms with E-state index in [2.05, 4.69) is 41.8 Å². The molecule has 6 aromatic rings. The fraction of sp³-hybridized carbons (Fsp3) is 0.186. The zero-order chi connectivity index (χ0) is 58.4. The van der Waals surface area contributed by atoms with E-state index >= 15 is 0 Å². The highest BCUT2D eigenvalue weighted by Crippen LogP contribution is 2.30. The molecule has 0 radical (unpaired) electrons. The van der Waals surface area contributed by atoms with E-state index in [9.17, 15) is 43.2 Å². The van der Waals surface area contributed by atoms with Crippen molar-refractivity contribution in [1.29, 1.82) is 0 Å². The van der Waals surface area contributed by atoms with E-state index in [0.29, 0.717) is 52.2 Å². The van der Waals surface area contributed by atoms with Gasteiger partial charge >= 0.3 is 24.2 Å². The van der Waals surface area contributed by atoms with Crippen molar-refractivity contribution in [2.75, 3.05) is 22.9 Å². The maximum Gasteiger partial charge on any atom is 0.409 e. The third-order valence-corrected chi connectivity index (χ3v) is 12.2. The van der Waals surface area contributed by atoms with E-state index in [1.807, 2.05) is 79.7 Å². The first kappa shape index (κ1) is 58.8. The number of urea groups is 1. The number of benzene rings is 6. The minimum atomic E-state index is -1.46. The number of nitrogens with two attached hydrogens (primary N) is 1. The van der Waals surface area contributed by atoms with Gasteiger partial charge in [-0.15, -0.1) is 0 Å². The van der Waals surface area contributed by atoms with Crippen LogP contribution in [0, 0.1) is 0 Å². The number of fused-ring (bicyclic) bond motifs is 2. The van der Waals surface area contributed by atoms with Crippen LogP contribution in [0.5, 0.6) is 0 Å². The molecule has 8 amide bonds. The summed E-state index contributed by atoms with van der Waals surface area (Å²) in [5, 5.41) is 22.8. The Morgan fingerprint density at radius 1 is 0.598 bits per heavy atom. The summed E-state index contributed by atoms with van der Waals surface area (Å²) in [7, 11) is 0. The first-order chi connectivity index (χ1) is 39.7. The number of carboxylic acid groups (broad SMARTS) is 1. The number of carbonyl (C=O) groups excluding carboxylic acids is 8. The van der Waals surface area contributed by atoms with Gasteiger partial charge in [-0.05, 0) is 29.7 Å². The van der Waals surface area contributed by atoms with Crippen molar-refractivity contribution in [1.82, 2.24) is 26.7 Å². The smallest absolute Gasteiger partial charge is 0.409 e. The molecule has 0 saturated heterocycles. The highest BCUT2D eigenvalue weighted by Gasteiger charge is 2.36. The number of nitrogens with zero attached hydrogens (tertiary/aromatic N) is 5. The largest absolute Gasteiger partial charge is 0.481 e. The molecule has 0 bridgehead atoms. The highest BCUT2D eigenvalue weighted by atomic mass is 16.6. The lowest BCUT2D eigenvalue weighted by atomic mass is 10.0. The number of anilines is 2. The number of carbonyl (C=O) groups is 9. The second-order valence-corrected chi connectivity index (χ2v) is 18.0. The van der Waals surface area contributed by atoms with Crippen LogP contribution in [0.2, 0.25) is 0 Å². The van der Waals surface area contributed by atoms with Gasteiger partial charge in [0.05, 0.1) is 41.3 Å². The van der Waals surface area contributed by atoms with E-state index in [1.165, 1.54) is 11.1 Å². The first-order valence-electron chi connectivity index (χ1n) is 25.6. The van der Waals surface area contributed by atoms with Gasteiger partial charge in [0.25, 0.3) is 11.8 Å². The number of aliphatic imine (C=N–C) groups is 2. The molecule has 2 aliphatic heterocycles. The molecule has 8 rings (SSSR count). The molecular formula is C59H57N11O12. The first-order valence-corrected chi connectivity index (χ1v) is 25.6. The van der Waals surface area contributed by atoms with Gasteiger partial charge < -0.3 is 35.7 Å². The van der Waals surface area contributed by atoms with E-state index < -0.39 is 85.2 Å². The fourth-order valence-corrected chi connectivity index (χ4v) is 8.33. The number of aliphatic carboxylic acids is 1. The van der Waals surface area contributed by atoms with Gasteiger partial charge in [-0.3, -0.25) is 44.4 Å². The summed E-state index contributed by atoms with van der Waals surface area (Å²) in [6.45, 7) is 0.840. The molecule has 420 valence electrons. The van der Waals surface area contributed by atoms with Crippen molar-refractivity contribution in [2.45, 2.75) is 57.4 Å². The number of hydrazone groups is 1. The lowest BCUT2D eigenvalue weighted by Gasteiger charge is -2.25. The van der Waals surface area contributed by atoms with Crippen molar-refractivity contribution in [3.63, 3.8) is 0 Å². The van der Waals surface area contributed by atoms with Crippen LogP contribution in [-0.2, 0) is 51.5 Å². The van der Waals surface area contributed by atoms with Gasteiger partial charge in [0, 0.05) is 28.5 Å². The molecule has 0 fully saturated rings. The Morgan fingerprint density at radius 3 is 1.38 bits per heavy atom. The Hall–Kier alpha value is -10.8. The topological polar surface area (TPSA) is 322 Å². The minimum absolute atomic E-state index is 0.000242.